The molecule has 0 aliphatic carbocycles. The topological polar surface area (TPSA) is 130 Å². The first-order valence-corrected chi connectivity index (χ1v) is 18.8. The molecule has 0 atom stereocenters. The molecule has 1 N–H and O–H groups in total. The third-order valence-corrected chi connectivity index (χ3v) is 9.03. The van der Waals surface area contributed by atoms with Crippen LogP contribution < -0.4 is 14.8 Å². The molecule has 2 amide bonds. The largest absolute Gasteiger partial charge is 0.488 e. The second kappa shape index (κ2) is 22.1. The van der Waals surface area contributed by atoms with Crippen LogP contribution in [-0.4, -0.2) is 49.6 Å². The predicted octanol–water partition coefficient (Wildman–Crippen LogP) is 8.43. The number of nitrogens with one attached hydrogen (secondary N) is 1. The summed E-state index contributed by atoms with van der Waals surface area (Å²) in [5.41, 5.74) is 4.78. The van der Waals surface area contributed by atoms with Crippen molar-refractivity contribution in [2.75, 3.05) is 20.8 Å². The number of methoxy groups -OCH3 is 2. The van der Waals surface area contributed by atoms with Crippen molar-refractivity contribution in [2.24, 2.45) is 0 Å². The Morgan fingerprint density at radius 3 is 1.44 bits per heavy atom. The van der Waals surface area contributed by atoms with E-state index in [1.54, 1.807) is 41.3 Å². The first-order valence-electron chi connectivity index (χ1n) is 18.8. The van der Waals surface area contributed by atoms with Gasteiger partial charge in [0.15, 0.2) is 0 Å². The quantitative estimate of drug-likeness (QED) is 0.0471. The Labute approximate surface area is 333 Å². The number of hydrogen-bond acceptors (Lipinski definition) is 9. The lowest BCUT2D eigenvalue weighted by Gasteiger charge is -2.24. The van der Waals surface area contributed by atoms with Gasteiger partial charge in [0.1, 0.15) is 42.4 Å². The molecule has 0 radical (unpaired) electrons. The van der Waals surface area contributed by atoms with Crippen molar-refractivity contribution in [1.82, 2.24) is 10.2 Å². The molecule has 296 valence electrons. The summed E-state index contributed by atoms with van der Waals surface area (Å²) in [6, 6.07) is 39.0. The van der Waals surface area contributed by atoms with Crippen molar-refractivity contribution in [3.63, 3.8) is 0 Å². The van der Waals surface area contributed by atoms with Crippen molar-refractivity contribution in [2.45, 2.75) is 58.6 Å². The minimum Gasteiger partial charge on any atom is -0.488 e. The summed E-state index contributed by atoms with van der Waals surface area (Å²) in [7, 11) is 2.63. The maximum atomic E-state index is 14.0. The number of alkyl carbamates (subject to hydrolysis) is 1. The number of rotatable bonds is 20. The molecule has 0 aromatic heterocycles. The lowest BCUT2D eigenvalue weighted by molar-refractivity contribution is -0.132. The number of benzene rings is 5. The number of nitrogens with zero attached hydrogens (tertiary/aromatic N) is 1. The minimum atomic E-state index is -0.537. The van der Waals surface area contributed by atoms with Gasteiger partial charge in [-0.3, -0.25) is 4.79 Å². The average molecular weight is 773 g/mol. The second-order valence-corrected chi connectivity index (χ2v) is 13.2. The van der Waals surface area contributed by atoms with Crippen LogP contribution in [0.3, 0.4) is 0 Å². The Balaban J connectivity index is 1.29. The third kappa shape index (κ3) is 13.3. The molecule has 0 saturated carbocycles. The second-order valence-electron chi connectivity index (χ2n) is 13.2. The summed E-state index contributed by atoms with van der Waals surface area (Å²) in [6.45, 7) is 1.48. The lowest BCUT2D eigenvalue weighted by Crippen LogP contribution is -2.30. The van der Waals surface area contributed by atoms with Gasteiger partial charge in [0.2, 0.25) is 5.91 Å². The molecule has 0 spiro atoms. The van der Waals surface area contributed by atoms with E-state index < -0.39 is 18.0 Å². The number of carbonyl (C=O) groups is 4. The number of esters is 2. The maximum absolute atomic E-state index is 14.0. The van der Waals surface area contributed by atoms with Gasteiger partial charge in [-0.1, -0.05) is 110 Å². The SMILES string of the molecule is COC(=O)c1ccc(CN(Cc2ccc(C(=O)OC)c(OCc3ccccc3)c2)C(=O)CCCCCNC(=O)OCc2ccccc2)cc1OCc1ccccc1. The van der Waals surface area contributed by atoms with Gasteiger partial charge >= 0.3 is 18.0 Å². The Morgan fingerprint density at radius 1 is 0.526 bits per heavy atom. The van der Waals surface area contributed by atoms with E-state index in [1.165, 1.54) is 14.2 Å². The van der Waals surface area contributed by atoms with Crippen molar-refractivity contribution in [3.8, 4) is 11.5 Å². The highest BCUT2D eigenvalue weighted by Crippen LogP contribution is 2.27. The first-order chi connectivity index (χ1) is 27.8. The molecule has 5 rings (SSSR count). The maximum Gasteiger partial charge on any atom is 0.407 e. The van der Waals surface area contributed by atoms with E-state index in [1.807, 2.05) is 91.0 Å². The van der Waals surface area contributed by atoms with Crippen LogP contribution in [0.5, 0.6) is 11.5 Å². The predicted molar refractivity (Wildman–Crippen MR) is 214 cm³/mol. The van der Waals surface area contributed by atoms with Crippen LogP contribution >= 0.6 is 0 Å². The molecule has 0 fully saturated rings. The first kappa shape index (κ1) is 41.5. The lowest BCUT2D eigenvalue weighted by atomic mass is 10.1. The summed E-state index contributed by atoms with van der Waals surface area (Å²) in [6.07, 6.45) is 1.73. The van der Waals surface area contributed by atoms with Gasteiger partial charge in [-0.25, -0.2) is 14.4 Å². The smallest absolute Gasteiger partial charge is 0.407 e. The van der Waals surface area contributed by atoms with Crippen molar-refractivity contribution >= 4 is 23.9 Å². The molecule has 0 unspecified atom stereocenters. The Bertz CT molecular complexity index is 1950. The molecular formula is C46H48N2O9. The van der Waals surface area contributed by atoms with Crippen molar-refractivity contribution < 1.29 is 42.9 Å². The number of amides is 2. The van der Waals surface area contributed by atoms with Gasteiger partial charge < -0.3 is 33.9 Å². The molecule has 11 heteroatoms. The summed E-state index contributed by atoms with van der Waals surface area (Å²) < 4.78 is 27.6. The monoisotopic (exact) mass is 772 g/mol. The van der Waals surface area contributed by atoms with E-state index in [4.69, 9.17) is 23.7 Å². The van der Waals surface area contributed by atoms with Crippen LogP contribution in [0.1, 0.15) is 74.2 Å². The summed E-state index contributed by atoms with van der Waals surface area (Å²) in [4.78, 5) is 53.2. The zero-order chi connectivity index (χ0) is 40.2. The molecule has 0 bridgehead atoms. The molecule has 0 aliphatic heterocycles. The van der Waals surface area contributed by atoms with Crippen LogP contribution in [0.25, 0.3) is 0 Å². The van der Waals surface area contributed by atoms with E-state index in [2.05, 4.69) is 5.32 Å². The minimum absolute atomic E-state index is 0.0992. The Kier molecular flexibility index (Phi) is 16.1. The van der Waals surface area contributed by atoms with E-state index in [0.29, 0.717) is 37.3 Å². The van der Waals surface area contributed by atoms with Crippen LogP contribution in [0.2, 0.25) is 0 Å². The Hall–Kier alpha value is -6.62. The standard InChI is InChI=1S/C46H48N2O9/c1-53-44(50)39-24-22-37(27-41(39)55-31-34-15-7-3-8-16-34)29-48(43(49)21-13-6-14-26-47-46(52)57-33-36-19-11-5-12-20-36)30-38-23-25-40(45(51)54-2)42(28-38)56-32-35-17-9-4-10-18-35/h3-5,7-12,15-20,22-25,27-28H,6,13-14,21,26,29-33H2,1-2H3,(H,47,52). The van der Waals surface area contributed by atoms with Crippen LogP contribution in [0.15, 0.2) is 127 Å². The van der Waals surface area contributed by atoms with E-state index in [9.17, 15) is 19.2 Å². The molecule has 0 heterocycles. The van der Waals surface area contributed by atoms with Gasteiger partial charge in [-0.2, -0.15) is 0 Å². The van der Waals surface area contributed by atoms with E-state index in [0.717, 1.165) is 27.8 Å². The van der Waals surface area contributed by atoms with E-state index >= 15 is 0 Å². The van der Waals surface area contributed by atoms with Gasteiger partial charge in [0, 0.05) is 26.1 Å². The molecule has 5 aromatic carbocycles. The fourth-order valence-electron chi connectivity index (χ4n) is 5.97. The number of unbranched alkanes of at least 4 members (excludes halogenated alkanes) is 2. The third-order valence-electron chi connectivity index (χ3n) is 9.03. The summed E-state index contributed by atoms with van der Waals surface area (Å²) in [5.74, 6) is -0.498. The molecule has 5 aromatic rings. The normalized spacial score (nSPS) is 10.6. The zero-order valence-corrected chi connectivity index (χ0v) is 32.3. The number of ether oxygens (including phenoxy) is 5. The highest BCUT2D eigenvalue weighted by molar-refractivity contribution is 5.93. The average Bonchev–Trinajstić information content (AvgIpc) is 3.25. The number of hydrogen-bond donors (Lipinski definition) is 1. The van der Waals surface area contributed by atoms with Gasteiger partial charge in [0.05, 0.1) is 14.2 Å². The highest BCUT2D eigenvalue weighted by atomic mass is 16.5. The highest BCUT2D eigenvalue weighted by Gasteiger charge is 2.21. The van der Waals surface area contributed by atoms with Crippen LogP contribution in [0.4, 0.5) is 4.79 Å². The molecule has 0 saturated heterocycles. The summed E-state index contributed by atoms with van der Waals surface area (Å²) in [5, 5.41) is 2.77. The molecule has 11 nitrogen and oxygen atoms in total. The summed E-state index contributed by atoms with van der Waals surface area (Å²) >= 11 is 0. The van der Waals surface area contributed by atoms with Crippen LogP contribution in [-0.2, 0) is 51.9 Å². The molecular weight excluding hydrogens is 725 g/mol. The zero-order valence-electron chi connectivity index (χ0n) is 32.3. The van der Waals surface area contributed by atoms with Gasteiger partial charge in [-0.15, -0.1) is 0 Å². The number of carbonyl (C=O) groups excluding carboxylic acids is 4. The fourth-order valence-corrected chi connectivity index (χ4v) is 5.97. The Morgan fingerprint density at radius 2 is 0.982 bits per heavy atom. The molecule has 57 heavy (non-hydrogen) atoms. The van der Waals surface area contributed by atoms with E-state index in [-0.39, 0.29) is 56.4 Å². The van der Waals surface area contributed by atoms with Crippen molar-refractivity contribution in [3.05, 3.63) is 166 Å². The van der Waals surface area contributed by atoms with Gasteiger partial charge in [0.25, 0.3) is 0 Å². The fraction of sp³-hybridized carbons (Fsp3) is 0.261. The molecule has 0 aliphatic rings. The van der Waals surface area contributed by atoms with Crippen molar-refractivity contribution in [1.29, 1.82) is 0 Å². The van der Waals surface area contributed by atoms with Crippen LogP contribution in [0, 0.1) is 0 Å². The van der Waals surface area contributed by atoms with Gasteiger partial charge in [-0.05, 0) is 64.9 Å².